The number of hydrogen-bond donors (Lipinski definition) is 1. The first kappa shape index (κ1) is 14.5. The van der Waals surface area contributed by atoms with Crippen LogP contribution in [0.4, 0.5) is 5.69 Å². The van der Waals surface area contributed by atoms with Crippen LogP contribution in [-0.2, 0) is 5.60 Å². The SMILES string of the molecule is CN(C)c1ccc(/C=C2\C(=O)c3ccccc3C2(C)O)cc1. The lowest BCUT2D eigenvalue weighted by atomic mass is 9.93. The van der Waals surface area contributed by atoms with Crippen LogP contribution in [0, 0.1) is 0 Å². The van der Waals surface area contributed by atoms with Crippen molar-refractivity contribution in [1.82, 2.24) is 0 Å². The molecule has 2 aromatic rings. The van der Waals surface area contributed by atoms with Crippen LogP contribution in [0.2, 0.25) is 0 Å². The second-order valence-corrected chi connectivity index (χ2v) is 5.99. The molecule has 1 aliphatic carbocycles. The van der Waals surface area contributed by atoms with Crippen LogP contribution < -0.4 is 4.90 Å². The number of carbonyl (C=O) groups is 1. The van der Waals surface area contributed by atoms with Crippen molar-refractivity contribution >= 4 is 17.5 Å². The van der Waals surface area contributed by atoms with Gasteiger partial charge in [0, 0.05) is 30.9 Å². The van der Waals surface area contributed by atoms with Gasteiger partial charge >= 0.3 is 0 Å². The molecular formula is C19H19NO2. The molecule has 3 rings (SSSR count). The summed E-state index contributed by atoms with van der Waals surface area (Å²) in [6, 6.07) is 15.1. The van der Waals surface area contributed by atoms with Gasteiger partial charge in [-0.05, 0) is 36.3 Å². The number of carbonyl (C=O) groups excluding carboxylic acids is 1. The van der Waals surface area contributed by atoms with E-state index in [0.717, 1.165) is 11.3 Å². The fraction of sp³-hybridized carbons (Fsp3) is 0.211. The third-order valence-electron chi connectivity index (χ3n) is 4.19. The molecule has 2 aromatic carbocycles. The van der Waals surface area contributed by atoms with E-state index in [2.05, 4.69) is 0 Å². The molecule has 0 amide bonds. The Bertz CT molecular complexity index is 755. The van der Waals surface area contributed by atoms with E-state index in [1.54, 1.807) is 19.1 Å². The zero-order valence-corrected chi connectivity index (χ0v) is 13.0. The molecule has 0 aromatic heterocycles. The highest BCUT2D eigenvalue weighted by Crippen LogP contribution is 2.41. The molecule has 0 radical (unpaired) electrons. The Morgan fingerprint density at radius 3 is 2.27 bits per heavy atom. The van der Waals surface area contributed by atoms with Crippen LogP contribution in [0.15, 0.2) is 54.1 Å². The van der Waals surface area contributed by atoms with Gasteiger partial charge < -0.3 is 10.0 Å². The predicted molar refractivity (Wildman–Crippen MR) is 89.1 cm³/mol. The zero-order valence-electron chi connectivity index (χ0n) is 13.0. The van der Waals surface area contributed by atoms with Gasteiger partial charge in [0.05, 0.1) is 0 Å². The van der Waals surface area contributed by atoms with Gasteiger partial charge in [0.15, 0.2) is 5.78 Å². The highest BCUT2D eigenvalue weighted by atomic mass is 16.3. The summed E-state index contributed by atoms with van der Waals surface area (Å²) < 4.78 is 0. The molecule has 0 aliphatic heterocycles. The molecule has 112 valence electrons. The second kappa shape index (κ2) is 5.11. The Labute approximate surface area is 130 Å². The van der Waals surface area contributed by atoms with Gasteiger partial charge in [0.25, 0.3) is 0 Å². The fourth-order valence-corrected chi connectivity index (χ4v) is 2.86. The maximum absolute atomic E-state index is 12.6. The van der Waals surface area contributed by atoms with E-state index >= 15 is 0 Å². The molecule has 1 N–H and O–H groups in total. The van der Waals surface area contributed by atoms with Crippen LogP contribution in [0.1, 0.15) is 28.4 Å². The smallest absolute Gasteiger partial charge is 0.192 e. The monoisotopic (exact) mass is 293 g/mol. The van der Waals surface area contributed by atoms with E-state index in [-0.39, 0.29) is 5.78 Å². The van der Waals surface area contributed by atoms with E-state index < -0.39 is 5.60 Å². The van der Waals surface area contributed by atoms with Crippen molar-refractivity contribution in [2.45, 2.75) is 12.5 Å². The molecule has 3 heteroatoms. The van der Waals surface area contributed by atoms with Crippen molar-refractivity contribution in [2.75, 3.05) is 19.0 Å². The van der Waals surface area contributed by atoms with Crippen LogP contribution in [-0.4, -0.2) is 25.0 Å². The van der Waals surface area contributed by atoms with Crippen molar-refractivity contribution in [3.8, 4) is 0 Å². The molecule has 0 saturated heterocycles. The summed E-state index contributed by atoms with van der Waals surface area (Å²) in [5.74, 6) is -0.0997. The van der Waals surface area contributed by atoms with E-state index in [0.29, 0.717) is 16.7 Å². The summed E-state index contributed by atoms with van der Waals surface area (Å²) in [6.45, 7) is 1.68. The second-order valence-electron chi connectivity index (χ2n) is 5.99. The van der Waals surface area contributed by atoms with E-state index in [4.69, 9.17) is 0 Å². The molecule has 0 bridgehead atoms. The van der Waals surface area contributed by atoms with Crippen LogP contribution >= 0.6 is 0 Å². The van der Waals surface area contributed by atoms with Crippen molar-refractivity contribution < 1.29 is 9.90 Å². The van der Waals surface area contributed by atoms with Gasteiger partial charge in [-0.25, -0.2) is 0 Å². The van der Waals surface area contributed by atoms with Crippen molar-refractivity contribution in [1.29, 1.82) is 0 Å². The van der Waals surface area contributed by atoms with Gasteiger partial charge in [-0.1, -0.05) is 36.4 Å². The number of nitrogens with zero attached hydrogens (tertiary/aromatic N) is 1. The molecule has 0 heterocycles. The van der Waals surface area contributed by atoms with Gasteiger partial charge in [0.1, 0.15) is 5.60 Å². The highest BCUT2D eigenvalue weighted by Gasteiger charge is 2.42. The summed E-state index contributed by atoms with van der Waals surface area (Å²) in [4.78, 5) is 14.6. The molecule has 3 nitrogen and oxygen atoms in total. The van der Waals surface area contributed by atoms with Crippen LogP contribution in [0.25, 0.3) is 6.08 Å². The summed E-state index contributed by atoms with van der Waals surface area (Å²) in [6.07, 6.45) is 1.78. The third kappa shape index (κ3) is 2.24. The van der Waals surface area contributed by atoms with Gasteiger partial charge in [-0.3, -0.25) is 4.79 Å². The topological polar surface area (TPSA) is 40.5 Å². The molecule has 0 spiro atoms. The summed E-state index contributed by atoms with van der Waals surface area (Å²) in [7, 11) is 3.96. The van der Waals surface area contributed by atoms with Crippen molar-refractivity contribution in [3.63, 3.8) is 0 Å². The first-order chi connectivity index (χ1) is 10.4. The minimum absolute atomic E-state index is 0.0997. The summed E-state index contributed by atoms with van der Waals surface area (Å²) >= 11 is 0. The molecule has 0 saturated carbocycles. The number of rotatable bonds is 2. The standard InChI is InChI=1S/C19H19NO2/c1-19(22)16-7-5-4-6-15(16)18(21)17(19)12-13-8-10-14(11-9-13)20(2)3/h4-12,22H,1-3H3/b17-12+. The predicted octanol–water partition coefficient (Wildman–Crippen LogP) is 3.24. The summed E-state index contributed by atoms with van der Waals surface area (Å²) in [5, 5.41) is 10.8. The number of fused-ring (bicyclic) bond motifs is 1. The van der Waals surface area contributed by atoms with Crippen molar-refractivity contribution in [2.24, 2.45) is 0 Å². The minimum atomic E-state index is -1.24. The largest absolute Gasteiger partial charge is 0.381 e. The average Bonchev–Trinajstić information content (AvgIpc) is 2.69. The molecular weight excluding hydrogens is 274 g/mol. The molecule has 1 aliphatic rings. The Kier molecular flexibility index (Phi) is 3.38. The van der Waals surface area contributed by atoms with Gasteiger partial charge in [-0.15, -0.1) is 0 Å². The van der Waals surface area contributed by atoms with Crippen LogP contribution in [0.3, 0.4) is 0 Å². The Morgan fingerprint density at radius 2 is 1.68 bits per heavy atom. The molecule has 0 fully saturated rings. The minimum Gasteiger partial charge on any atom is -0.381 e. The van der Waals surface area contributed by atoms with Gasteiger partial charge in [-0.2, -0.15) is 0 Å². The third-order valence-corrected chi connectivity index (χ3v) is 4.19. The number of ketones is 1. The zero-order chi connectivity index (χ0) is 15.9. The summed E-state index contributed by atoms with van der Waals surface area (Å²) in [5.41, 5.74) is 2.44. The lowest BCUT2D eigenvalue weighted by Gasteiger charge is -2.19. The highest BCUT2D eigenvalue weighted by molar-refractivity contribution is 6.17. The lowest BCUT2D eigenvalue weighted by Crippen LogP contribution is -2.20. The Balaban J connectivity index is 2.03. The molecule has 22 heavy (non-hydrogen) atoms. The normalized spacial score (nSPS) is 22.0. The molecule has 1 atom stereocenters. The van der Waals surface area contributed by atoms with Crippen molar-refractivity contribution in [3.05, 3.63) is 70.8 Å². The lowest BCUT2D eigenvalue weighted by molar-refractivity contribution is 0.0877. The first-order valence-electron chi connectivity index (χ1n) is 7.27. The maximum Gasteiger partial charge on any atom is 0.192 e. The van der Waals surface area contributed by atoms with E-state index in [1.807, 2.05) is 61.5 Å². The Morgan fingerprint density at radius 1 is 1.05 bits per heavy atom. The maximum atomic E-state index is 12.6. The quantitative estimate of drug-likeness (QED) is 0.864. The first-order valence-corrected chi connectivity index (χ1v) is 7.27. The number of Topliss-reactive ketones (excluding diaryl/α,β-unsaturated/α-hetero) is 1. The number of aliphatic hydroxyl groups is 1. The number of hydrogen-bond acceptors (Lipinski definition) is 3. The number of benzene rings is 2. The average molecular weight is 293 g/mol. The number of anilines is 1. The Hall–Kier alpha value is -2.39. The van der Waals surface area contributed by atoms with E-state index in [9.17, 15) is 9.90 Å². The van der Waals surface area contributed by atoms with E-state index in [1.165, 1.54) is 0 Å². The van der Waals surface area contributed by atoms with Crippen LogP contribution in [0.5, 0.6) is 0 Å². The fourth-order valence-electron chi connectivity index (χ4n) is 2.86. The molecule has 1 unspecified atom stereocenters. The van der Waals surface area contributed by atoms with Gasteiger partial charge in [0.2, 0.25) is 0 Å².